The number of amides is 1. The monoisotopic (exact) mass is 404 g/mol. The van der Waals surface area contributed by atoms with Crippen LogP contribution in [0.1, 0.15) is 10.4 Å². The number of aliphatic hydroxyl groups excluding tert-OH is 1. The highest BCUT2D eigenvalue weighted by Gasteiger charge is 2.32. The van der Waals surface area contributed by atoms with Crippen LogP contribution in [0.25, 0.3) is 0 Å². The van der Waals surface area contributed by atoms with Crippen molar-refractivity contribution in [3.05, 3.63) is 23.8 Å². The summed E-state index contributed by atoms with van der Waals surface area (Å²) in [7, 11) is 0.140. The first-order valence-corrected chi connectivity index (χ1v) is 8.65. The number of hydrogen-bond donors (Lipinski definition) is 2. The molecule has 0 bridgehead atoms. The van der Waals surface area contributed by atoms with Gasteiger partial charge in [0.25, 0.3) is 5.91 Å². The number of sulfonamides is 1. The number of carbonyl (C=O) groups excluding carboxylic acids is 1. The molecule has 1 aromatic rings. The lowest BCUT2D eigenvalue weighted by Crippen LogP contribution is -2.43. The fourth-order valence-corrected chi connectivity index (χ4v) is 2.74. The van der Waals surface area contributed by atoms with Gasteiger partial charge in [0.2, 0.25) is 13.8 Å². The summed E-state index contributed by atoms with van der Waals surface area (Å²) in [4.78, 5) is 11.8. The number of nitrogens with one attached hydrogen (secondary N) is 1. The third kappa shape index (κ3) is 4.85. The molecule has 0 aromatic heterocycles. The molecule has 0 fully saturated rings. The number of methoxy groups -OCH3 is 1. The zero-order valence-corrected chi connectivity index (χ0v) is 15.5. The van der Waals surface area contributed by atoms with Crippen molar-refractivity contribution in [3.8, 4) is 5.75 Å². The highest BCUT2D eigenvalue weighted by Crippen LogP contribution is 2.30. The fourth-order valence-electron chi connectivity index (χ4n) is 1.51. The van der Waals surface area contributed by atoms with Crippen LogP contribution in [0.5, 0.6) is 5.75 Å². The first kappa shape index (κ1) is 20.3. The molecule has 11 heteroatoms. The number of benzene rings is 1. The normalized spacial score (nSPS) is 13.7. The van der Waals surface area contributed by atoms with Gasteiger partial charge in [0.05, 0.1) is 7.11 Å². The molecule has 1 atom stereocenters. The van der Waals surface area contributed by atoms with E-state index in [1.54, 1.807) is 0 Å². The smallest absolute Gasteiger partial charge is 0.253 e. The van der Waals surface area contributed by atoms with E-state index in [9.17, 15) is 18.3 Å². The van der Waals surface area contributed by atoms with Gasteiger partial charge in [-0.3, -0.25) is 4.79 Å². The maximum absolute atomic E-state index is 12.3. The second-order valence-electron chi connectivity index (χ2n) is 4.57. The SMILES string of the molecule is COc1ccc(C(=O)N[C@H](O)C(Cl)(Cl)Cl)cc1S(=O)(=O)N(C)C. The Morgan fingerprint density at radius 1 is 1.35 bits per heavy atom. The van der Waals surface area contributed by atoms with Crippen molar-refractivity contribution in [2.24, 2.45) is 0 Å². The maximum Gasteiger partial charge on any atom is 0.253 e. The van der Waals surface area contributed by atoms with E-state index in [2.05, 4.69) is 5.32 Å². The summed E-state index contributed by atoms with van der Waals surface area (Å²) in [5, 5.41) is 11.6. The van der Waals surface area contributed by atoms with Crippen molar-refractivity contribution >= 4 is 50.7 Å². The Bertz CT molecular complexity index is 688. The molecule has 0 aliphatic rings. The number of nitrogens with zero attached hydrogens (tertiary/aromatic N) is 1. The van der Waals surface area contributed by atoms with Crippen molar-refractivity contribution in [2.75, 3.05) is 21.2 Å². The molecule has 0 radical (unpaired) electrons. The minimum absolute atomic E-state index is 0.0560. The van der Waals surface area contributed by atoms with Gasteiger partial charge in [-0.05, 0) is 18.2 Å². The number of alkyl halides is 3. The molecule has 0 heterocycles. The Kier molecular flexibility index (Phi) is 6.54. The van der Waals surface area contributed by atoms with Crippen LogP contribution in [0.2, 0.25) is 0 Å². The summed E-state index contributed by atoms with van der Waals surface area (Å²) < 4.78 is 28.4. The lowest BCUT2D eigenvalue weighted by Gasteiger charge is -2.20. The third-order valence-corrected chi connectivity index (χ3v) is 5.22. The maximum atomic E-state index is 12.3. The molecule has 0 spiro atoms. The van der Waals surface area contributed by atoms with E-state index in [-0.39, 0.29) is 16.2 Å². The molecule has 1 amide bonds. The minimum Gasteiger partial charge on any atom is -0.495 e. The van der Waals surface area contributed by atoms with Gasteiger partial charge in [0.1, 0.15) is 10.6 Å². The molecule has 7 nitrogen and oxygen atoms in total. The van der Waals surface area contributed by atoms with E-state index in [1.807, 2.05) is 0 Å². The van der Waals surface area contributed by atoms with E-state index >= 15 is 0 Å². The molecule has 1 rings (SSSR count). The molecule has 23 heavy (non-hydrogen) atoms. The molecule has 0 aliphatic carbocycles. The molecular weight excluding hydrogens is 391 g/mol. The summed E-state index contributed by atoms with van der Waals surface area (Å²) in [6.07, 6.45) is -1.77. The van der Waals surface area contributed by atoms with Gasteiger partial charge in [-0.25, -0.2) is 12.7 Å². The van der Waals surface area contributed by atoms with Gasteiger partial charge < -0.3 is 15.2 Å². The van der Waals surface area contributed by atoms with Crippen molar-refractivity contribution in [1.29, 1.82) is 0 Å². The van der Waals surface area contributed by atoms with Crippen LogP contribution in [0.3, 0.4) is 0 Å². The number of carbonyl (C=O) groups is 1. The molecule has 0 unspecified atom stereocenters. The standard InChI is InChI=1S/C12H15Cl3N2O5S/c1-17(2)23(20,21)9-6-7(4-5-8(9)22-3)10(18)16-11(19)12(13,14)15/h4-6,11,19H,1-3H3,(H,16,18)/t11-/m1/s1. The van der Waals surface area contributed by atoms with Crippen molar-refractivity contribution < 1.29 is 23.1 Å². The second-order valence-corrected chi connectivity index (χ2v) is 9.06. The van der Waals surface area contributed by atoms with E-state index in [4.69, 9.17) is 39.5 Å². The van der Waals surface area contributed by atoms with Crippen LogP contribution >= 0.6 is 34.8 Å². The number of rotatable bonds is 5. The van der Waals surface area contributed by atoms with Crippen molar-refractivity contribution in [1.82, 2.24) is 9.62 Å². The summed E-state index contributed by atoms with van der Waals surface area (Å²) in [6.45, 7) is 0. The predicted octanol–water partition coefficient (Wildman–Crippen LogP) is 1.36. The third-order valence-electron chi connectivity index (χ3n) is 2.76. The Morgan fingerprint density at radius 2 is 1.91 bits per heavy atom. The number of ether oxygens (including phenoxy) is 1. The largest absolute Gasteiger partial charge is 0.495 e. The average molecular weight is 406 g/mol. The number of halogens is 3. The summed E-state index contributed by atoms with van der Waals surface area (Å²) >= 11 is 16.4. The molecule has 2 N–H and O–H groups in total. The highest BCUT2D eigenvalue weighted by atomic mass is 35.6. The first-order chi connectivity index (χ1) is 10.4. The van der Waals surface area contributed by atoms with Crippen molar-refractivity contribution in [2.45, 2.75) is 14.9 Å². The first-order valence-electron chi connectivity index (χ1n) is 6.07. The molecule has 0 saturated heterocycles. The fraction of sp³-hybridized carbons (Fsp3) is 0.417. The Hall–Kier alpha value is -0.770. The molecule has 130 valence electrons. The van der Waals surface area contributed by atoms with Crippen LogP contribution in [0, 0.1) is 0 Å². The average Bonchev–Trinajstić information content (AvgIpc) is 2.45. The Morgan fingerprint density at radius 3 is 2.35 bits per heavy atom. The summed E-state index contributed by atoms with van der Waals surface area (Å²) in [5.74, 6) is -0.751. The minimum atomic E-state index is -3.84. The van der Waals surface area contributed by atoms with E-state index in [0.717, 1.165) is 10.4 Å². The summed E-state index contributed by atoms with van der Waals surface area (Å²) in [5.41, 5.74) is -0.0560. The molecule has 0 saturated carbocycles. The number of aliphatic hydroxyl groups is 1. The molecule has 1 aromatic carbocycles. The van der Waals surface area contributed by atoms with Gasteiger partial charge in [0.15, 0.2) is 6.23 Å². The zero-order chi connectivity index (χ0) is 18.0. The van der Waals surface area contributed by atoms with E-state index in [1.165, 1.54) is 33.3 Å². The van der Waals surface area contributed by atoms with Gasteiger partial charge in [-0.1, -0.05) is 34.8 Å². The van der Waals surface area contributed by atoms with Crippen LogP contribution < -0.4 is 10.1 Å². The topological polar surface area (TPSA) is 95.9 Å². The molecular formula is C12H15Cl3N2O5S. The lowest BCUT2D eigenvalue weighted by atomic mass is 10.2. The summed E-state index contributed by atoms with van der Waals surface area (Å²) in [6, 6.07) is 3.73. The van der Waals surface area contributed by atoms with Gasteiger partial charge >= 0.3 is 0 Å². The Labute approximate surface area is 149 Å². The van der Waals surface area contributed by atoms with E-state index < -0.39 is 26.0 Å². The van der Waals surface area contributed by atoms with Crippen LogP contribution in [0.4, 0.5) is 0 Å². The highest BCUT2D eigenvalue weighted by molar-refractivity contribution is 7.89. The zero-order valence-electron chi connectivity index (χ0n) is 12.4. The lowest BCUT2D eigenvalue weighted by molar-refractivity contribution is 0.0791. The van der Waals surface area contributed by atoms with E-state index in [0.29, 0.717) is 0 Å². The Balaban J connectivity index is 3.24. The van der Waals surface area contributed by atoms with Crippen LogP contribution in [-0.2, 0) is 10.0 Å². The van der Waals surface area contributed by atoms with Crippen molar-refractivity contribution in [3.63, 3.8) is 0 Å². The van der Waals surface area contributed by atoms with Gasteiger partial charge in [-0.2, -0.15) is 0 Å². The predicted molar refractivity (Wildman–Crippen MR) is 87.6 cm³/mol. The van der Waals surface area contributed by atoms with Crippen LogP contribution in [0.15, 0.2) is 23.1 Å². The molecule has 0 aliphatic heterocycles. The quantitative estimate of drug-likeness (QED) is 0.570. The second kappa shape index (κ2) is 7.42. The van der Waals surface area contributed by atoms with Crippen LogP contribution in [-0.4, -0.2) is 55.0 Å². The van der Waals surface area contributed by atoms with Gasteiger partial charge in [0, 0.05) is 19.7 Å². The van der Waals surface area contributed by atoms with Gasteiger partial charge in [-0.15, -0.1) is 0 Å². The number of hydrogen-bond acceptors (Lipinski definition) is 5.